The van der Waals surface area contributed by atoms with Gasteiger partial charge < -0.3 is 11.1 Å². The predicted octanol–water partition coefficient (Wildman–Crippen LogP) is 2.32. The van der Waals surface area contributed by atoms with E-state index in [9.17, 15) is 0 Å². The molecule has 2 aromatic rings. The molecule has 0 fully saturated rings. The van der Waals surface area contributed by atoms with E-state index in [0.29, 0.717) is 18.2 Å². The van der Waals surface area contributed by atoms with Crippen molar-refractivity contribution in [3.8, 4) is 0 Å². The maximum atomic E-state index is 5.63. The molecule has 0 unspecified atom stereocenters. The number of rotatable bonds is 5. The van der Waals surface area contributed by atoms with E-state index in [2.05, 4.69) is 33.4 Å². The van der Waals surface area contributed by atoms with Crippen molar-refractivity contribution in [2.45, 2.75) is 0 Å². The lowest BCUT2D eigenvalue weighted by Gasteiger charge is -2.08. The minimum absolute atomic E-state index is 0.440. The quantitative estimate of drug-likeness (QED) is 0.800. The van der Waals surface area contributed by atoms with Crippen LogP contribution in [0.15, 0.2) is 55.5 Å². The zero-order chi connectivity index (χ0) is 13.7. The molecule has 96 valence electrons. The molecule has 19 heavy (non-hydrogen) atoms. The number of hydrogen-bond acceptors (Lipinski definition) is 5. The molecular weight excluding hydrogens is 238 g/mol. The summed E-state index contributed by atoms with van der Waals surface area (Å²) in [4.78, 5) is 12.4. The van der Waals surface area contributed by atoms with Gasteiger partial charge in [0.15, 0.2) is 0 Å². The largest absolute Gasteiger partial charge is 0.384 e. The summed E-state index contributed by atoms with van der Waals surface area (Å²) in [6.45, 7) is 8.01. The number of nitrogen functional groups attached to an aromatic ring is 1. The van der Waals surface area contributed by atoms with Crippen LogP contribution in [0.2, 0.25) is 0 Å². The van der Waals surface area contributed by atoms with Gasteiger partial charge in [-0.1, -0.05) is 31.4 Å². The van der Waals surface area contributed by atoms with Gasteiger partial charge in [-0.15, -0.1) is 0 Å². The Bertz CT molecular complexity index is 645. The normalized spacial score (nSPS) is 11.3. The maximum absolute atomic E-state index is 5.63. The molecule has 0 bridgehead atoms. The molecule has 0 saturated carbocycles. The van der Waals surface area contributed by atoms with Crippen LogP contribution in [-0.4, -0.2) is 21.5 Å². The van der Waals surface area contributed by atoms with Gasteiger partial charge in [-0.3, -0.25) is 0 Å². The van der Waals surface area contributed by atoms with Crippen molar-refractivity contribution in [2.75, 3.05) is 17.6 Å². The van der Waals surface area contributed by atoms with E-state index in [1.807, 2.05) is 6.08 Å². The molecule has 3 N–H and O–H groups in total. The van der Waals surface area contributed by atoms with Gasteiger partial charge in [0.05, 0.1) is 10.9 Å². The molecule has 2 aromatic heterocycles. The number of allylic oxidation sites excluding steroid dienone is 2. The summed E-state index contributed by atoms with van der Waals surface area (Å²) in [6.07, 6.45) is 8.54. The zero-order valence-electron chi connectivity index (χ0n) is 10.5. The highest BCUT2D eigenvalue weighted by Crippen LogP contribution is 2.19. The smallest absolute Gasteiger partial charge is 0.139 e. The topological polar surface area (TPSA) is 76.7 Å². The van der Waals surface area contributed by atoms with Gasteiger partial charge in [0.2, 0.25) is 0 Å². The summed E-state index contributed by atoms with van der Waals surface area (Å²) in [5, 5.41) is 4.06. The Kier molecular flexibility index (Phi) is 3.87. The van der Waals surface area contributed by atoms with Gasteiger partial charge in [0, 0.05) is 18.8 Å². The van der Waals surface area contributed by atoms with Gasteiger partial charge in [0.25, 0.3) is 0 Å². The molecule has 5 nitrogen and oxygen atoms in total. The fourth-order valence-electron chi connectivity index (χ4n) is 1.65. The Labute approximate surface area is 111 Å². The highest BCUT2D eigenvalue weighted by Gasteiger charge is 2.04. The van der Waals surface area contributed by atoms with Crippen LogP contribution < -0.4 is 11.1 Å². The van der Waals surface area contributed by atoms with Gasteiger partial charge in [0.1, 0.15) is 18.0 Å². The molecule has 0 atom stereocenters. The third kappa shape index (κ3) is 2.95. The molecule has 5 heteroatoms. The van der Waals surface area contributed by atoms with Crippen molar-refractivity contribution in [3.63, 3.8) is 0 Å². The highest BCUT2D eigenvalue weighted by atomic mass is 15.0. The van der Waals surface area contributed by atoms with E-state index in [0.717, 1.165) is 16.5 Å². The molecule has 0 radical (unpaired) electrons. The van der Waals surface area contributed by atoms with Crippen molar-refractivity contribution in [1.29, 1.82) is 0 Å². The Morgan fingerprint density at radius 3 is 2.89 bits per heavy atom. The lowest BCUT2D eigenvalue weighted by Crippen LogP contribution is -2.06. The molecule has 2 heterocycles. The zero-order valence-corrected chi connectivity index (χ0v) is 10.5. The first-order chi connectivity index (χ1) is 9.24. The Morgan fingerprint density at radius 2 is 2.16 bits per heavy atom. The van der Waals surface area contributed by atoms with Crippen molar-refractivity contribution >= 4 is 22.5 Å². The lowest BCUT2D eigenvalue weighted by atomic mass is 10.2. The van der Waals surface area contributed by atoms with Crippen LogP contribution in [0.5, 0.6) is 0 Å². The van der Waals surface area contributed by atoms with Crippen LogP contribution in [0.3, 0.4) is 0 Å². The monoisotopic (exact) mass is 253 g/mol. The minimum Gasteiger partial charge on any atom is -0.384 e. The van der Waals surface area contributed by atoms with Gasteiger partial charge in [-0.05, 0) is 5.57 Å². The fraction of sp³-hybridized carbons (Fsp3) is 0.0714. The van der Waals surface area contributed by atoms with E-state index in [1.54, 1.807) is 24.4 Å². The number of hydrogen-bond donors (Lipinski definition) is 2. The van der Waals surface area contributed by atoms with Crippen LogP contribution in [0.1, 0.15) is 0 Å². The lowest BCUT2D eigenvalue weighted by molar-refractivity contribution is 1.16. The summed E-state index contributed by atoms with van der Waals surface area (Å²) in [5.41, 5.74) is 7.41. The Morgan fingerprint density at radius 1 is 1.32 bits per heavy atom. The average molecular weight is 253 g/mol. The van der Waals surface area contributed by atoms with E-state index in [1.165, 1.54) is 6.33 Å². The number of fused-ring (bicyclic) bond motifs is 1. The third-order valence-electron chi connectivity index (χ3n) is 2.60. The highest BCUT2D eigenvalue weighted by molar-refractivity contribution is 5.89. The number of pyridine rings is 1. The van der Waals surface area contributed by atoms with Crippen LogP contribution in [0.4, 0.5) is 11.6 Å². The number of anilines is 2. The van der Waals surface area contributed by atoms with Crippen molar-refractivity contribution in [3.05, 3.63) is 55.5 Å². The van der Waals surface area contributed by atoms with Crippen molar-refractivity contribution in [2.24, 2.45) is 0 Å². The van der Waals surface area contributed by atoms with E-state index < -0.39 is 0 Å². The summed E-state index contributed by atoms with van der Waals surface area (Å²) < 4.78 is 0. The van der Waals surface area contributed by atoms with Gasteiger partial charge in [-0.25, -0.2) is 15.0 Å². The molecule has 0 aromatic carbocycles. The van der Waals surface area contributed by atoms with Crippen LogP contribution >= 0.6 is 0 Å². The Hall–Kier alpha value is -2.69. The second-order valence-corrected chi connectivity index (χ2v) is 3.88. The van der Waals surface area contributed by atoms with E-state index in [4.69, 9.17) is 5.73 Å². The average Bonchev–Trinajstić information content (AvgIpc) is 2.43. The molecule has 2 rings (SSSR count). The Balaban J connectivity index is 2.28. The van der Waals surface area contributed by atoms with Crippen LogP contribution in [-0.2, 0) is 0 Å². The SMILES string of the molecule is C=C/C=C(\C=C)CNc1ncnc2cc(N)ncc12. The maximum Gasteiger partial charge on any atom is 0.139 e. The summed E-state index contributed by atoms with van der Waals surface area (Å²) in [5.74, 6) is 1.16. The molecule has 0 aliphatic carbocycles. The van der Waals surface area contributed by atoms with E-state index in [-0.39, 0.29) is 0 Å². The van der Waals surface area contributed by atoms with Gasteiger partial charge in [-0.2, -0.15) is 0 Å². The first-order valence-corrected chi connectivity index (χ1v) is 5.78. The van der Waals surface area contributed by atoms with Crippen LogP contribution in [0.25, 0.3) is 10.9 Å². The number of nitrogens with zero attached hydrogens (tertiary/aromatic N) is 3. The van der Waals surface area contributed by atoms with Gasteiger partial charge >= 0.3 is 0 Å². The third-order valence-corrected chi connectivity index (χ3v) is 2.60. The molecule has 0 spiro atoms. The predicted molar refractivity (Wildman–Crippen MR) is 78.7 cm³/mol. The van der Waals surface area contributed by atoms with Crippen LogP contribution in [0, 0.1) is 0 Å². The molecule has 0 saturated heterocycles. The number of nitrogens with two attached hydrogens (primary N) is 1. The summed E-state index contributed by atoms with van der Waals surface area (Å²) in [7, 11) is 0. The summed E-state index contributed by atoms with van der Waals surface area (Å²) in [6, 6.07) is 1.72. The minimum atomic E-state index is 0.440. The fourth-order valence-corrected chi connectivity index (χ4v) is 1.65. The molecular formula is C14H15N5. The molecule has 0 amide bonds. The molecule has 0 aliphatic rings. The second-order valence-electron chi connectivity index (χ2n) is 3.88. The second kappa shape index (κ2) is 5.77. The number of nitrogens with one attached hydrogen (secondary N) is 1. The standard InChI is InChI=1S/C14H15N5/c1-3-5-10(4-2)7-17-14-11-8-16-13(15)6-12(11)18-9-19-14/h3-6,8-9H,1-2,7H2,(H2,15,16)(H,17,18,19)/b10-5+. The van der Waals surface area contributed by atoms with Crippen molar-refractivity contribution in [1.82, 2.24) is 15.0 Å². The van der Waals surface area contributed by atoms with Crippen molar-refractivity contribution < 1.29 is 0 Å². The molecule has 0 aliphatic heterocycles. The first-order valence-electron chi connectivity index (χ1n) is 5.78. The number of aromatic nitrogens is 3. The first kappa shape index (κ1) is 12.8. The van der Waals surface area contributed by atoms with E-state index >= 15 is 0 Å². The summed E-state index contributed by atoms with van der Waals surface area (Å²) >= 11 is 0.